The highest BCUT2D eigenvalue weighted by molar-refractivity contribution is 7.17. The lowest BCUT2D eigenvalue weighted by molar-refractivity contribution is 0.0794. The third-order valence-corrected chi connectivity index (χ3v) is 9.61. The van der Waals surface area contributed by atoms with E-state index in [0.29, 0.717) is 27.2 Å². The number of ether oxygens (including phenoxy) is 1. The van der Waals surface area contributed by atoms with Crippen LogP contribution in [0.15, 0.2) is 79.1 Å². The summed E-state index contributed by atoms with van der Waals surface area (Å²) in [6.45, 7) is 8.60. The van der Waals surface area contributed by atoms with Crippen LogP contribution in [-0.4, -0.2) is 56.7 Å². The van der Waals surface area contributed by atoms with Crippen LogP contribution in [-0.2, 0) is 6.54 Å². The van der Waals surface area contributed by atoms with Gasteiger partial charge in [-0.2, -0.15) is 0 Å². The van der Waals surface area contributed by atoms with Crippen LogP contribution in [0.25, 0.3) is 16.6 Å². The Morgan fingerprint density at radius 1 is 1.02 bits per heavy atom. The van der Waals surface area contributed by atoms with Crippen molar-refractivity contribution in [1.82, 2.24) is 19.8 Å². The molecule has 0 unspecified atom stereocenters. The van der Waals surface area contributed by atoms with Crippen molar-refractivity contribution < 1.29 is 19.4 Å². The number of likely N-dealkylation sites (tertiary alicyclic amines) is 1. The minimum atomic E-state index is -0.283. The number of piperidine rings is 1. The molecule has 4 N–H and O–H groups in total. The molecular formula is C37H42N6O4S. The maximum Gasteiger partial charge on any atom is 0.321 e. The molecule has 11 heteroatoms. The molecule has 250 valence electrons. The van der Waals surface area contributed by atoms with Crippen LogP contribution in [0.4, 0.5) is 15.6 Å². The summed E-state index contributed by atoms with van der Waals surface area (Å²) >= 11 is 1.24. The Morgan fingerprint density at radius 3 is 2.50 bits per heavy atom. The lowest BCUT2D eigenvalue weighted by Crippen LogP contribution is -2.37. The van der Waals surface area contributed by atoms with E-state index in [1.807, 2.05) is 57.2 Å². The molecule has 3 aromatic carbocycles. The monoisotopic (exact) mass is 666 g/mol. The predicted octanol–water partition coefficient (Wildman–Crippen LogP) is 7.71. The van der Waals surface area contributed by atoms with Crippen molar-refractivity contribution in [1.29, 1.82) is 0 Å². The maximum absolute atomic E-state index is 13.2. The van der Waals surface area contributed by atoms with Crippen molar-refractivity contribution in [3.05, 3.63) is 95.8 Å². The molecule has 3 heterocycles. The van der Waals surface area contributed by atoms with Gasteiger partial charge in [-0.05, 0) is 92.3 Å². The fourth-order valence-electron chi connectivity index (χ4n) is 6.01. The quantitative estimate of drug-likeness (QED) is 0.115. The van der Waals surface area contributed by atoms with E-state index in [4.69, 9.17) is 4.74 Å². The van der Waals surface area contributed by atoms with Crippen LogP contribution in [0.2, 0.25) is 0 Å². The first-order valence-electron chi connectivity index (χ1n) is 16.5. The number of carbonyl (C=O) groups is 2. The summed E-state index contributed by atoms with van der Waals surface area (Å²) in [6.07, 6.45) is 6.92. The van der Waals surface area contributed by atoms with E-state index in [2.05, 4.69) is 54.8 Å². The van der Waals surface area contributed by atoms with Crippen LogP contribution in [0.5, 0.6) is 10.8 Å². The molecule has 1 aliphatic heterocycles. The van der Waals surface area contributed by atoms with Crippen molar-refractivity contribution in [2.75, 3.05) is 23.7 Å². The summed E-state index contributed by atoms with van der Waals surface area (Å²) in [5.41, 5.74) is 5.40. The number of aromatic nitrogens is 2. The number of aryl methyl sites for hydroxylation is 1. The standard InChI is InChI=1S/C37H42N6O4S/c1-4-27(5-2)40-36(46)41-37-38-21-34(48-37)47-33-15-12-28(20-24(33)3)39-35(45)25-10-13-29(14-11-25)43-23-26(31-8-6-7-9-32(31)43)22-42-18-16-30(44)17-19-42/h6-15,20-21,23,27,30,44H,4-5,16-19,22H2,1-3H3,(H,39,45)(H2,38,40,41,46). The lowest BCUT2D eigenvalue weighted by Gasteiger charge is -2.29. The van der Waals surface area contributed by atoms with E-state index >= 15 is 0 Å². The highest BCUT2D eigenvalue weighted by atomic mass is 32.1. The Balaban J connectivity index is 1.08. The van der Waals surface area contributed by atoms with Crippen molar-refractivity contribution in [3.63, 3.8) is 0 Å². The average molecular weight is 667 g/mol. The Hall–Kier alpha value is -4.71. The molecule has 6 rings (SSSR count). The second kappa shape index (κ2) is 15.0. The molecule has 0 atom stereocenters. The largest absolute Gasteiger partial charge is 0.445 e. The topological polar surface area (TPSA) is 121 Å². The third kappa shape index (κ3) is 7.87. The van der Waals surface area contributed by atoms with Gasteiger partial charge in [-0.3, -0.25) is 15.0 Å². The van der Waals surface area contributed by atoms with Crippen LogP contribution in [0.3, 0.4) is 0 Å². The first-order valence-corrected chi connectivity index (χ1v) is 17.3. The van der Waals surface area contributed by atoms with Crippen molar-refractivity contribution >= 4 is 45.0 Å². The summed E-state index contributed by atoms with van der Waals surface area (Å²) in [7, 11) is 0. The van der Waals surface area contributed by atoms with E-state index in [1.54, 1.807) is 18.3 Å². The Morgan fingerprint density at radius 2 is 1.77 bits per heavy atom. The number of benzene rings is 3. The highest BCUT2D eigenvalue weighted by Crippen LogP contribution is 2.33. The molecule has 0 radical (unpaired) electrons. The van der Waals surface area contributed by atoms with Gasteiger partial charge < -0.3 is 25.0 Å². The number of anilines is 2. The first-order chi connectivity index (χ1) is 23.3. The van der Waals surface area contributed by atoms with E-state index < -0.39 is 0 Å². The summed E-state index contributed by atoms with van der Waals surface area (Å²) in [6, 6.07) is 21.3. The lowest BCUT2D eigenvalue weighted by atomic mass is 10.1. The van der Waals surface area contributed by atoms with Crippen LogP contribution in [0, 0.1) is 6.92 Å². The molecule has 48 heavy (non-hydrogen) atoms. The van der Waals surface area contributed by atoms with Crippen molar-refractivity contribution in [2.24, 2.45) is 0 Å². The van der Waals surface area contributed by atoms with Gasteiger partial charge >= 0.3 is 6.03 Å². The zero-order chi connectivity index (χ0) is 33.6. The van der Waals surface area contributed by atoms with Gasteiger partial charge in [-0.15, -0.1) is 0 Å². The fourth-order valence-corrected chi connectivity index (χ4v) is 6.69. The summed E-state index contributed by atoms with van der Waals surface area (Å²) in [4.78, 5) is 32.1. The number of amides is 3. The van der Waals surface area contributed by atoms with Gasteiger partial charge in [0.15, 0.2) is 5.13 Å². The van der Waals surface area contributed by atoms with Gasteiger partial charge in [0.25, 0.3) is 5.91 Å². The van der Waals surface area contributed by atoms with E-state index in [0.717, 1.165) is 62.1 Å². The molecule has 1 aliphatic rings. The van der Waals surface area contributed by atoms with E-state index in [-0.39, 0.29) is 24.1 Å². The Labute approximate surface area is 284 Å². The van der Waals surface area contributed by atoms with Crippen molar-refractivity contribution in [3.8, 4) is 16.5 Å². The number of carbonyl (C=O) groups excluding carboxylic acids is 2. The minimum Gasteiger partial charge on any atom is -0.445 e. The molecule has 5 aromatic rings. The molecule has 1 saturated heterocycles. The van der Waals surface area contributed by atoms with Crippen LogP contribution >= 0.6 is 11.3 Å². The molecule has 0 saturated carbocycles. The molecule has 0 aliphatic carbocycles. The van der Waals surface area contributed by atoms with Crippen molar-refractivity contribution in [2.45, 2.75) is 65.1 Å². The number of thiazole rings is 1. The highest BCUT2D eigenvalue weighted by Gasteiger charge is 2.19. The smallest absolute Gasteiger partial charge is 0.321 e. The number of aliphatic hydroxyl groups is 1. The van der Waals surface area contributed by atoms with E-state index in [9.17, 15) is 14.7 Å². The Bertz CT molecular complexity index is 1870. The number of hydrogen-bond acceptors (Lipinski definition) is 7. The number of nitrogens with zero attached hydrogens (tertiary/aromatic N) is 3. The number of fused-ring (bicyclic) bond motifs is 1. The fraction of sp³-hybridized carbons (Fsp3) is 0.324. The number of urea groups is 1. The molecule has 2 aromatic heterocycles. The van der Waals surface area contributed by atoms with Crippen LogP contribution < -0.4 is 20.7 Å². The van der Waals surface area contributed by atoms with Gasteiger partial charge in [0, 0.05) is 54.2 Å². The zero-order valence-corrected chi connectivity index (χ0v) is 28.3. The second-order valence-electron chi connectivity index (χ2n) is 12.2. The summed E-state index contributed by atoms with van der Waals surface area (Å²) in [5, 5.41) is 20.8. The number of rotatable bonds is 11. The Kier molecular flexibility index (Phi) is 10.4. The average Bonchev–Trinajstić information content (AvgIpc) is 3.69. The van der Waals surface area contributed by atoms with Gasteiger partial charge in [-0.1, -0.05) is 43.4 Å². The molecular weight excluding hydrogens is 625 g/mol. The molecule has 0 spiro atoms. The maximum atomic E-state index is 13.2. The first kappa shape index (κ1) is 33.2. The zero-order valence-electron chi connectivity index (χ0n) is 27.5. The number of aliphatic hydroxyl groups excluding tert-OH is 1. The number of nitrogens with one attached hydrogen (secondary N) is 3. The van der Waals surface area contributed by atoms with Gasteiger partial charge in [0.05, 0.1) is 17.8 Å². The minimum absolute atomic E-state index is 0.119. The van der Waals surface area contributed by atoms with Gasteiger partial charge in [0.2, 0.25) is 5.06 Å². The number of para-hydroxylation sites is 1. The summed E-state index contributed by atoms with van der Waals surface area (Å²) < 4.78 is 8.21. The second-order valence-corrected chi connectivity index (χ2v) is 13.2. The predicted molar refractivity (Wildman–Crippen MR) is 192 cm³/mol. The SMILES string of the molecule is CCC(CC)NC(=O)Nc1ncc(Oc2ccc(NC(=O)c3ccc(-n4cc(CN5CCC(O)CC5)c5ccccc54)cc3)cc2C)s1. The van der Waals surface area contributed by atoms with Gasteiger partial charge in [0.1, 0.15) is 5.75 Å². The molecule has 3 amide bonds. The van der Waals surface area contributed by atoms with Gasteiger partial charge in [-0.25, -0.2) is 9.78 Å². The molecule has 0 bridgehead atoms. The normalized spacial score (nSPS) is 13.9. The molecule has 10 nitrogen and oxygen atoms in total. The van der Waals surface area contributed by atoms with Crippen LogP contribution in [0.1, 0.15) is 61.0 Å². The summed E-state index contributed by atoms with van der Waals surface area (Å²) in [5.74, 6) is 0.426. The van der Waals surface area contributed by atoms with E-state index in [1.165, 1.54) is 22.3 Å². The number of hydrogen-bond donors (Lipinski definition) is 4. The third-order valence-electron chi connectivity index (χ3n) is 8.82. The molecule has 1 fully saturated rings.